The van der Waals surface area contributed by atoms with Crippen LogP contribution in [-0.2, 0) is 16.6 Å². The number of anilines is 1. The number of hydrogen-bond acceptors (Lipinski definition) is 3. The molecule has 0 saturated heterocycles. The van der Waals surface area contributed by atoms with Crippen LogP contribution in [0.3, 0.4) is 0 Å². The van der Waals surface area contributed by atoms with Gasteiger partial charge in [-0.3, -0.25) is 0 Å². The van der Waals surface area contributed by atoms with Gasteiger partial charge in [0.25, 0.3) is 0 Å². The highest BCUT2D eigenvalue weighted by Gasteiger charge is 2.62. The molecule has 1 aliphatic heterocycles. The van der Waals surface area contributed by atoms with E-state index in [0.29, 0.717) is 5.41 Å². The number of ether oxygens (including phenoxy) is 2. The van der Waals surface area contributed by atoms with Gasteiger partial charge in [0.2, 0.25) is 0 Å². The molecule has 0 aromatic heterocycles. The van der Waals surface area contributed by atoms with Crippen molar-refractivity contribution in [2.75, 3.05) is 25.1 Å². The van der Waals surface area contributed by atoms with Crippen LogP contribution in [0, 0.1) is 5.92 Å². The summed E-state index contributed by atoms with van der Waals surface area (Å²) in [7, 11) is 0. The molecule has 39 heavy (non-hydrogen) atoms. The van der Waals surface area contributed by atoms with Gasteiger partial charge in [-0.2, -0.15) is 0 Å². The second kappa shape index (κ2) is 14.1. The summed E-state index contributed by atoms with van der Waals surface area (Å²) in [5.41, 5.74) is 5.37. The maximum atomic E-state index is 6.08. The smallest absolute Gasteiger partial charge is 0.119 e. The number of para-hydroxylation sites is 1. The van der Waals surface area contributed by atoms with Crippen molar-refractivity contribution in [3.05, 3.63) is 59.7 Å². The zero-order chi connectivity index (χ0) is 26.8. The molecule has 3 atom stereocenters. The van der Waals surface area contributed by atoms with Crippen molar-refractivity contribution in [3.8, 4) is 5.75 Å². The van der Waals surface area contributed by atoms with Crippen molar-refractivity contribution in [3.63, 3.8) is 0 Å². The SMILES string of the molecule is CCCCc1ccc2c(c1)C13CCCCC1CCC[C@@]3(CCCCOCCCCCCOc1ccccc1)N2. The van der Waals surface area contributed by atoms with E-state index in [4.69, 9.17) is 9.47 Å². The Hall–Kier alpha value is -2.00. The standard InChI is InChI=1S/C36H53NO2/c1-2-3-16-30-21-22-34-33(29-30)36-25-10-9-17-31(36)18-15-24-35(36,37-34)23-11-14-27-38-26-12-4-5-13-28-39-32-19-7-6-8-20-32/h6-8,19-22,29,31,37H,2-5,9-18,23-28H2,1H3/t31?,35-,36?/m1/s1. The fourth-order valence-corrected chi connectivity index (χ4v) is 8.30. The largest absolute Gasteiger partial charge is 0.494 e. The molecule has 2 aromatic rings. The molecule has 3 nitrogen and oxygen atoms in total. The second-order valence-corrected chi connectivity index (χ2v) is 12.6. The van der Waals surface area contributed by atoms with E-state index in [1.807, 2.05) is 30.3 Å². The fraction of sp³-hybridized carbons (Fsp3) is 0.667. The van der Waals surface area contributed by atoms with Crippen molar-refractivity contribution in [1.82, 2.24) is 0 Å². The van der Waals surface area contributed by atoms with Gasteiger partial charge in [0.15, 0.2) is 0 Å². The molecule has 214 valence electrons. The Balaban J connectivity index is 1.05. The lowest BCUT2D eigenvalue weighted by molar-refractivity contribution is 0.0491. The van der Waals surface area contributed by atoms with Gasteiger partial charge in [0.05, 0.1) is 6.61 Å². The molecule has 3 heteroatoms. The predicted octanol–water partition coefficient (Wildman–Crippen LogP) is 9.63. The van der Waals surface area contributed by atoms with Crippen LogP contribution in [-0.4, -0.2) is 25.4 Å². The summed E-state index contributed by atoms with van der Waals surface area (Å²) < 4.78 is 11.9. The Morgan fingerprint density at radius 3 is 2.44 bits per heavy atom. The second-order valence-electron chi connectivity index (χ2n) is 12.6. The minimum absolute atomic E-state index is 0.268. The first kappa shape index (κ1) is 28.5. The summed E-state index contributed by atoms with van der Waals surface area (Å²) in [5, 5.41) is 4.22. The normalized spacial score (nSPS) is 25.4. The average molecular weight is 532 g/mol. The molecule has 1 spiro atoms. The molecule has 2 aromatic carbocycles. The number of fused-ring (bicyclic) bond motifs is 1. The van der Waals surface area contributed by atoms with Gasteiger partial charge in [-0.25, -0.2) is 0 Å². The van der Waals surface area contributed by atoms with Crippen LogP contribution < -0.4 is 10.1 Å². The zero-order valence-electron chi connectivity index (χ0n) is 24.7. The Kier molecular flexibility index (Phi) is 10.3. The van der Waals surface area contributed by atoms with Crippen molar-refractivity contribution < 1.29 is 9.47 Å². The number of rotatable bonds is 16. The van der Waals surface area contributed by atoms with Gasteiger partial charge in [-0.15, -0.1) is 0 Å². The molecule has 2 fully saturated rings. The third-order valence-corrected chi connectivity index (χ3v) is 10.2. The number of benzene rings is 2. The van der Waals surface area contributed by atoms with E-state index in [1.54, 1.807) is 11.1 Å². The van der Waals surface area contributed by atoms with Crippen LogP contribution in [0.4, 0.5) is 5.69 Å². The van der Waals surface area contributed by atoms with Crippen LogP contribution in [0.2, 0.25) is 0 Å². The van der Waals surface area contributed by atoms with E-state index in [9.17, 15) is 0 Å². The van der Waals surface area contributed by atoms with Crippen LogP contribution >= 0.6 is 0 Å². The van der Waals surface area contributed by atoms with Gasteiger partial charge in [0.1, 0.15) is 5.75 Å². The molecule has 0 amide bonds. The van der Waals surface area contributed by atoms with Crippen molar-refractivity contribution >= 4 is 5.69 Å². The van der Waals surface area contributed by atoms with E-state index in [2.05, 4.69) is 30.4 Å². The Labute approximate surface area is 238 Å². The molecular weight excluding hydrogens is 478 g/mol. The molecule has 0 radical (unpaired) electrons. The van der Waals surface area contributed by atoms with E-state index >= 15 is 0 Å². The fourth-order valence-electron chi connectivity index (χ4n) is 8.30. The molecule has 3 aliphatic rings. The van der Waals surface area contributed by atoms with Crippen molar-refractivity contribution in [2.24, 2.45) is 5.92 Å². The molecule has 2 unspecified atom stereocenters. The maximum absolute atomic E-state index is 6.08. The van der Waals surface area contributed by atoms with Gasteiger partial charge < -0.3 is 14.8 Å². The maximum Gasteiger partial charge on any atom is 0.119 e. The average Bonchev–Trinajstić information content (AvgIpc) is 3.25. The molecule has 1 N–H and O–H groups in total. The summed E-state index contributed by atoms with van der Waals surface area (Å²) in [6.07, 6.45) is 22.1. The summed E-state index contributed by atoms with van der Waals surface area (Å²) in [5.74, 6) is 1.84. The first-order valence-electron chi connectivity index (χ1n) is 16.4. The van der Waals surface area contributed by atoms with Crippen LogP contribution in [0.25, 0.3) is 0 Å². The summed E-state index contributed by atoms with van der Waals surface area (Å²) in [6, 6.07) is 17.6. The lowest BCUT2D eigenvalue weighted by Gasteiger charge is -2.57. The number of aryl methyl sites for hydroxylation is 1. The summed E-state index contributed by atoms with van der Waals surface area (Å²) >= 11 is 0. The summed E-state index contributed by atoms with van der Waals surface area (Å²) in [6.45, 7) is 4.94. The Morgan fingerprint density at radius 2 is 1.59 bits per heavy atom. The monoisotopic (exact) mass is 531 g/mol. The first-order chi connectivity index (χ1) is 19.3. The third-order valence-electron chi connectivity index (χ3n) is 10.2. The zero-order valence-corrected chi connectivity index (χ0v) is 24.7. The highest BCUT2D eigenvalue weighted by Crippen LogP contribution is 2.64. The van der Waals surface area contributed by atoms with E-state index in [0.717, 1.165) is 44.3 Å². The number of nitrogens with one attached hydrogen (secondary N) is 1. The quantitative estimate of drug-likeness (QED) is 0.219. The summed E-state index contributed by atoms with van der Waals surface area (Å²) in [4.78, 5) is 0. The van der Waals surface area contributed by atoms with E-state index in [-0.39, 0.29) is 5.54 Å². The first-order valence-corrected chi connectivity index (χ1v) is 16.4. The molecular formula is C36H53NO2. The lowest BCUT2D eigenvalue weighted by Crippen LogP contribution is -2.59. The molecule has 2 saturated carbocycles. The van der Waals surface area contributed by atoms with Gasteiger partial charge >= 0.3 is 0 Å². The molecule has 1 heterocycles. The minimum atomic E-state index is 0.268. The lowest BCUT2D eigenvalue weighted by atomic mass is 9.49. The minimum Gasteiger partial charge on any atom is -0.494 e. The van der Waals surface area contributed by atoms with E-state index < -0.39 is 0 Å². The van der Waals surface area contributed by atoms with Gasteiger partial charge in [-0.05, 0) is 112 Å². The van der Waals surface area contributed by atoms with Crippen LogP contribution in [0.5, 0.6) is 5.75 Å². The predicted molar refractivity (Wildman–Crippen MR) is 164 cm³/mol. The molecule has 0 bridgehead atoms. The topological polar surface area (TPSA) is 30.5 Å². The third kappa shape index (κ3) is 6.50. The highest BCUT2D eigenvalue weighted by atomic mass is 16.5. The van der Waals surface area contributed by atoms with Gasteiger partial charge in [0, 0.05) is 29.9 Å². The Bertz CT molecular complexity index is 1000. The number of unbranched alkanes of at least 4 members (excludes halogenated alkanes) is 5. The highest BCUT2D eigenvalue weighted by molar-refractivity contribution is 5.66. The van der Waals surface area contributed by atoms with Crippen molar-refractivity contribution in [2.45, 2.75) is 127 Å². The van der Waals surface area contributed by atoms with Crippen LogP contribution in [0.1, 0.15) is 121 Å². The molecule has 2 aliphatic carbocycles. The van der Waals surface area contributed by atoms with E-state index in [1.165, 1.54) is 102 Å². The van der Waals surface area contributed by atoms with Crippen molar-refractivity contribution in [1.29, 1.82) is 0 Å². The molecule has 5 rings (SSSR count). The Morgan fingerprint density at radius 1 is 0.795 bits per heavy atom. The van der Waals surface area contributed by atoms with Gasteiger partial charge in [-0.1, -0.05) is 69.4 Å². The van der Waals surface area contributed by atoms with Crippen LogP contribution in [0.15, 0.2) is 48.5 Å². The number of hydrogen-bond donors (Lipinski definition) is 1.